The van der Waals surface area contributed by atoms with E-state index in [0.717, 1.165) is 4.90 Å². The number of aromatic nitrogens is 2. The van der Waals surface area contributed by atoms with Gasteiger partial charge >= 0.3 is 0 Å². The molecule has 0 aliphatic carbocycles. The Morgan fingerprint density at radius 3 is 2.72 bits per heavy atom. The fourth-order valence-corrected chi connectivity index (χ4v) is 2.90. The van der Waals surface area contributed by atoms with Crippen LogP contribution in [0.4, 0.5) is 0 Å². The van der Waals surface area contributed by atoms with Crippen LogP contribution in [0.15, 0.2) is 34.2 Å². The summed E-state index contributed by atoms with van der Waals surface area (Å²) in [4.78, 5) is 20.1. The summed E-state index contributed by atoms with van der Waals surface area (Å²) in [5.41, 5.74) is 0.298. The van der Waals surface area contributed by atoms with Crippen molar-refractivity contribution in [2.45, 2.75) is 16.8 Å². The molecule has 0 radical (unpaired) electrons. The third-order valence-corrected chi connectivity index (χ3v) is 3.62. The molecule has 0 fully saturated rings. The van der Waals surface area contributed by atoms with Crippen molar-refractivity contribution in [1.82, 2.24) is 9.97 Å². The molecule has 0 aliphatic heterocycles. The van der Waals surface area contributed by atoms with Crippen LogP contribution in [-0.2, 0) is 0 Å². The van der Waals surface area contributed by atoms with Gasteiger partial charge in [0.1, 0.15) is 16.0 Å². The molecule has 2 aromatic rings. The van der Waals surface area contributed by atoms with E-state index < -0.39 is 0 Å². The van der Waals surface area contributed by atoms with Crippen LogP contribution in [0.1, 0.15) is 16.2 Å². The minimum Gasteiger partial charge on any atom is -0.298 e. The Morgan fingerprint density at radius 2 is 2.06 bits per heavy atom. The number of carbonyl (C=O) groups is 1. The molecule has 0 amide bonds. The predicted molar refractivity (Wildman–Crippen MR) is 72.7 cm³/mol. The number of aldehydes is 1. The van der Waals surface area contributed by atoms with Crippen LogP contribution in [0.5, 0.6) is 0 Å². The van der Waals surface area contributed by atoms with E-state index in [1.54, 1.807) is 19.1 Å². The van der Waals surface area contributed by atoms with Crippen LogP contribution < -0.4 is 0 Å². The number of rotatable bonds is 3. The molecule has 1 aromatic heterocycles. The van der Waals surface area contributed by atoms with Crippen LogP contribution in [-0.4, -0.2) is 16.3 Å². The lowest BCUT2D eigenvalue weighted by molar-refractivity contribution is 0.112. The average molecular weight is 299 g/mol. The first-order chi connectivity index (χ1) is 8.60. The second-order valence-electron chi connectivity index (χ2n) is 3.46. The molecule has 0 bridgehead atoms. The maximum Gasteiger partial charge on any atom is 0.155 e. The van der Waals surface area contributed by atoms with Gasteiger partial charge < -0.3 is 0 Å². The molecule has 2 rings (SSSR count). The van der Waals surface area contributed by atoms with E-state index in [-0.39, 0.29) is 5.15 Å². The van der Waals surface area contributed by atoms with Gasteiger partial charge in [-0.25, -0.2) is 9.97 Å². The molecular weight excluding hydrogens is 291 g/mol. The van der Waals surface area contributed by atoms with E-state index >= 15 is 0 Å². The Morgan fingerprint density at radius 1 is 1.28 bits per heavy atom. The molecule has 3 nitrogen and oxygen atoms in total. The first-order valence-electron chi connectivity index (χ1n) is 5.03. The van der Waals surface area contributed by atoms with Crippen LogP contribution in [0.3, 0.4) is 0 Å². The Bertz CT molecular complexity index is 605. The van der Waals surface area contributed by atoms with E-state index in [9.17, 15) is 4.79 Å². The Labute approximate surface area is 119 Å². The van der Waals surface area contributed by atoms with Gasteiger partial charge in [0.15, 0.2) is 6.29 Å². The van der Waals surface area contributed by atoms with Crippen molar-refractivity contribution in [3.05, 3.63) is 45.8 Å². The highest BCUT2D eigenvalue weighted by Crippen LogP contribution is 2.31. The fraction of sp³-hybridized carbons (Fsp3) is 0.0833. The lowest BCUT2D eigenvalue weighted by atomic mass is 10.4. The normalized spacial score (nSPS) is 10.4. The van der Waals surface area contributed by atoms with Gasteiger partial charge in [0, 0.05) is 9.92 Å². The predicted octanol–water partition coefficient (Wildman–Crippen LogP) is 4.06. The standard InChI is InChI=1S/C12H8Cl2N2OS/c1-7-15-11(14)10(6-17)12(16-7)18-9-4-2-3-8(13)5-9/h2-6H,1H3. The molecule has 18 heavy (non-hydrogen) atoms. The zero-order chi connectivity index (χ0) is 13.1. The minimum absolute atomic E-state index is 0.169. The molecule has 0 N–H and O–H groups in total. The van der Waals surface area contributed by atoms with Crippen molar-refractivity contribution in [1.29, 1.82) is 0 Å². The molecule has 0 atom stereocenters. The van der Waals surface area contributed by atoms with Crippen molar-refractivity contribution in [3.8, 4) is 0 Å². The van der Waals surface area contributed by atoms with Crippen LogP contribution >= 0.6 is 35.0 Å². The summed E-state index contributed by atoms with van der Waals surface area (Å²) in [5, 5.41) is 1.33. The minimum atomic E-state index is 0.169. The van der Waals surface area contributed by atoms with Crippen molar-refractivity contribution in [2.24, 2.45) is 0 Å². The second-order valence-corrected chi connectivity index (χ2v) is 5.31. The van der Waals surface area contributed by atoms with Crippen molar-refractivity contribution in [3.63, 3.8) is 0 Å². The van der Waals surface area contributed by atoms with E-state index in [1.807, 2.05) is 12.1 Å². The summed E-state index contributed by atoms with van der Waals surface area (Å²) in [6, 6.07) is 7.30. The molecule has 1 aromatic carbocycles. The summed E-state index contributed by atoms with van der Waals surface area (Å²) < 4.78 is 0. The summed E-state index contributed by atoms with van der Waals surface area (Å²) >= 11 is 13.1. The highest BCUT2D eigenvalue weighted by molar-refractivity contribution is 7.99. The third kappa shape index (κ3) is 3.02. The van der Waals surface area contributed by atoms with Crippen molar-refractivity contribution in [2.75, 3.05) is 0 Å². The fourth-order valence-electron chi connectivity index (χ4n) is 1.34. The lowest BCUT2D eigenvalue weighted by Gasteiger charge is -2.06. The molecule has 6 heteroatoms. The third-order valence-electron chi connectivity index (χ3n) is 2.10. The Balaban J connectivity index is 2.42. The van der Waals surface area contributed by atoms with Crippen molar-refractivity contribution >= 4 is 41.2 Å². The van der Waals surface area contributed by atoms with E-state index in [4.69, 9.17) is 23.2 Å². The summed E-state index contributed by atoms with van der Waals surface area (Å²) in [6.07, 6.45) is 0.661. The van der Waals surface area contributed by atoms with Gasteiger partial charge in [0.2, 0.25) is 0 Å². The largest absolute Gasteiger partial charge is 0.298 e. The van der Waals surface area contributed by atoms with Gasteiger partial charge in [-0.1, -0.05) is 41.0 Å². The maximum absolute atomic E-state index is 11.0. The zero-order valence-electron chi connectivity index (χ0n) is 9.35. The Hall–Kier alpha value is -1.10. The number of hydrogen-bond donors (Lipinski definition) is 0. The molecule has 0 unspecified atom stereocenters. The topological polar surface area (TPSA) is 42.9 Å². The van der Waals surface area contributed by atoms with Crippen LogP contribution in [0.25, 0.3) is 0 Å². The van der Waals surface area contributed by atoms with Crippen LogP contribution in [0, 0.1) is 6.92 Å². The maximum atomic E-state index is 11.0. The monoisotopic (exact) mass is 298 g/mol. The summed E-state index contributed by atoms with van der Waals surface area (Å²) in [6.45, 7) is 1.72. The second kappa shape index (κ2) is 5.69. The number of hydrogen-bond acceptors (Lipinski definition) is 4. The van der Waals surface area contributed by atoms with Gasteiger partial charge in [-0.3, -0.25) is 4.79 Å². The molecule has 0 saturated heterocycles. The molecular formula is C12H8Cl2N2OS. The summed E-state index contributed by atoms with van der Waals surface area (Å²) in [5.74, 6) is 0.523. The highest BCUT2D eigenvalue weighted by Gasteiger charge is 2.12. The lowest BCUT2D eigenvalue weighted by Crippen LogP contribution is -1.98. The van der Waals surface area contributed by atoms with Gasteiger partial charge in [0.05, 0.1) is 5.56 Å². The number of benzene rings is 1. The average Bonchev–Trinajstić information content (AvgIpc) is 2.28. The molecule has 92 valence electrons. The molecule has 0 aliphatic rings. The van der Waals surface area contributed by atoms with Gasteiger partial charge in [-0.2, -0.15) is 0 Å². The van der Waals surface area contributed by atoms with Gasteiger partial charge in [-0.15, -0.1) is 0 Å². The zero-order valence-corrected chi connectivity index (χ0v) is 11.7. The van der Waals surface area contributed by atoms with Crippen LogP contribution in [0.2, 0.25) is 10.2 Å². The first-order valence-corrected chi connectivity index (χ1v) is 6.60. The molecule has 0 spiro atoms. The Kier molecular flexibility index (Phi) is 4.22. The quantitative estimate of drug-likeness (QED) is 0.633. The van der Waals surface area contributed by atoms with E-state index in [0.29, 0.717) is 27.7 Å². The smallest absolute Gasteiger partial charge is 0.155 e. The number of carbonyl (C=O) groups excluding carboxylic acids is 1. The highest BCUT2D eigenvalue weighted by atomic mass is 35.5. The number of nitrogens with zero attached hydrogens (tertiary/aromatic N) is 2. The SMILES string of the molecule is Cc1nc(Cl)c(C=O)c(Sc2cccc(Cl)c2)n1. The summed E-state index contributed by atoms with van der Waals surface area (Å²) in [7, 11) is 0. The van der Waals surface area contributed by atoms with Crippen molar-refractivity contribution < 1.29 is 4.79 Å². The number of halogens is 2. The van der Waals surface area contributed by atoms with Gasteiger partial charge in [0.25, 0.3) is 0 Å². The van der Waals surface area contributed by atoms with Gasteiger partial charge in [-0.05, 0) is 25.1 Å². The van der Waals surface area contributed by atoms with E-state index in [2.05, 4.69) is 9.97 Å². The number of aryl methyl sites for hydroxylation is 1. The first kappa shape index (κ1) is 13.3. The molecule has 0 saturated carbocycles. The van der Waals surface area contributed by atoms with E-state index in [1.165, 1.54) is 11.8 Å². The molecule has 1 heterocycles.